The lowest BCUT2D eigenvalue weighted by Crippen LogP contribution is -2.24. The van der Waals surface area contributed by atoms with Crippen LogP contribution in [0.1, 0.15) is 53.6 Å². The fourth-order valence-corrected chi connectivity index (χ4v) is 4.78. The molecule has 35 heavy (non-hydrogen) atoms. The van der Waals surface area contributed by atoms with Gasteiger partial charge in [0.05, 0.1) is 5.56 Å². The van der Waals surface area contributed by atoms with Crippen molar-refractivity contribution in [3.63, 3.8) is 0 Å². The first kappa shape index (κ1) is 23.1. The molecule has 0 aliphatic heterocycles. The Morgan fingerprint density at radius 3 is 2.57 bits per heavy atom. The molecule has 1 amide bonds. The summed E-state index contributed by atoms with van der Waals surface area (Å²) in [5, 5.41) is 6.70. The zero-order valence-electron chi connectivity index (χ0n) is 19.6. The van der Waals surface area contributed by atoms with Crippen molar-refractivity contribution in [1.29, 1.82) is 0 Å². The number of carbonyl (C=O) groups excluding carboxylic acids is 1. The number of nitrogens with one attached hydrogen (secondary N) is 2. The van der Waals surface area contributed by atoms with E-state index in [9.17, 15) is 9.18 Å². The van der Waals surface area contributed by atoms with Crippen LogP contribution in [0.25, 0.3) is 16.9 Å². The van der Waals surface area contributed by atoms with Crippen molar-refractivity contribution in [1.82, 2.24) is 14.7 Å². The van der Waals surface area contributed by atoms with Gasteiger partial charge in [-0.05, 0) is 60.4 Å². The molecule has 0 spiro atoms. The van der Waals surface area contributed by atoms with Gasteiger partial charge in [0.1, 0.15) is 17.3 Å². The number of fused-ring (bicyclic) bond motifs is 1. The zero-order chi connectivity index (χ0) is 24.2. The molecule has 0 radical (unpaired) electrons. The largest absolute Gasteiger partial charge is 0.367 e. The van der Waals surface area contributed by atoms with E-state index in [-0.39, 0.29) is 11.7 Å². The highest BCUT2D eigenvalue weighted by atomic mass is 19.1. The lowest BCUT2D eigenvalue weighted by atomic mass is 9.95. The van der Waals surface area contributed by atoms with E-state index >= 15 is 0 Å². The SMILES string of the molecule is NCc1cccc(CNC(=O)c2cccn3c(NC4CCCCC4)c(-c4ccc(F)cc4)nc23)c1. The molecular formula is C28H30FN5O. The Hall–Kier alpha value is -3.71. The summed E-state index contributed by atoms with van der Waals surface area (Å²) in [6, 6.07) is 18.2. The van der Waals surface area contributed by atoms with Gasteiger partial charge in [0.15, 0.2) is 5.65 Å². The van der Waals surface area contributed by atoms with Crippen LogP contribution in [0.4, 0.5) is 10.2 Å². The number of benzene rings is 2. The number of nitrogens with zero attached hydrogens (tertiary/aromatic N) is 2. The highest BCUT2D eigenvalue weighted by Crippen LogP contribution is 2.32. The Labute approximate surface area is 204 Å². The number of anilines is 1. The maximum atomic E-state index is 13.6. The maximum Gasteiger partial charge on any atom is 0.255 e. The van der Waals surface area contributed by atoms with E-state index in [1.165, 1.54) is 31.4 Å². The fraction of sp³-hybridized carbons (Fsp3) is 0.286. The monoisotopic (exact) mass is 471 g/mol. The summed E-state index contributed by atoms with van der Waals surface area (Å²) in [5.41, 5.74) is 10.3. The molecule has 4 N–H and O–H groups in total. The Morgan fingerprint density at radius 2 is 1.80 bits per heavy atom. The average molecular weight is 472 g/mol. The summed E-state index contributed by atoms with van der Waals surface area (Å²) in [7, 11) is 0. The summed E-state index contributed by atoms with van der Waals surface area (Å²) in [5.74, 6) is 0.343. The molecule has 2 aromatic heterocycles. The minimum Gasteiger partial charge on any atom is -0.367 e. The van der Waals surface area contributed by atoms with E-state index in [1.54, 1.807) is 18.2 Å². The molecule has 7 heteroatoms. The predicted octanol–water partition coefficient (Wildman–Crippen LogP) is 5.27. The first-order valence-electron chi connectivity index (χ1n) is 12.2. The number of aromatic nitrogens is 2. The van der Waals surface area contributed by atoms with E-state index in [4.69, 9.17) is 10.7 Å². The zero-order valence-corrected chi connectivity index (χ0v) is 19.6. The van der Waals surface area contributed by atoms with Gasteiger partial charge in [-0.1, -0.05) is 43.5 Å². The molecule has 2 aromatic carbocycles. The van der Waals surface area contributed by atoms with Gasteiger partial charge >= 0.3 is 0 Å². The molecule has 2 heterocycles. The van der Waals surface area contributed by atoms with Gasteiger partial charge in [0.2, 0.25) is 0 Å². The molecule has 1 aliphatic rings. The smallest absolute Gasteiger partial charge is 0.255 e. The van der Waals surface area contributed by atoms with Gasteiger partial charge in [-0.15, -0.1) is 0 Å². The first-order chi connectivity index (χ1) is 17.1. The summed E-state index contributed by atoms with van der Waals surface area (Å²) in [4.78, 5) is 18.1. The van der Waals surface area contributed by atoms with Gasteiger partial charge in [-0.25, -0.2) is 9.37 Å². The highest BCUT2D eigenvalue weighted by Gasteiger charge is 2.22. The Balaban J connectivity index is 1.49. The number of hydrogen-bond donors (Lipinski definition) is 3. The van der Waals surface area contributed by atoms with Crippen molar-refractivity contribution in [2.45, 2.75) is 51.2 Å². The topological polar surface area (TPSA) is 84.5 Å². The second-order valence-electron chi connectivity index (χ2n) is 9.12. The molecular weight excluding hydrogens is 441 g/mol. The van der Waals surface area contributed by atoms with Crippen molar-refractivity contribution in [2.75, 3.05) is 5.32 Å². The molecule has 0 atom stereocenters. The number of pyridine rings is 1. The summed E-state index contributed by atoms with van der Waals surface area (Å²) >= 11 is 0. The number of hydrogen-bond acceptors (Lipinski definition) is 4. The lowest BCUT2D eigenvalue weighted by Gasteiger charge is -2.24. The fourth-order valence-electron chi connectivity index (χ4n) is 4.78. The molecule has 6 nitrogen and oxygen atoms in total. The van der Waals surface area contributed by atoms with Gasteiger partial charge in [-0.2, -0.15) is 0 Å². The summed E-state index contributed by atoms with van der Waals surface area (Å²) < 4.78 is 15.6. The third-order valence-corrected chi connectivity index (χ3v) is 6.64. The number of rotatable bonds is 7. The molecule has 1 saturated carbocycles. The second kappa shape index (κ2) is 10.3. The van der Waals surface area contributed by atoms with Gasteiger partial charge in [-0.3, -0.25) is 9.20 Å². The highest BCUT2D eigenvalue weighted by molar-refractivity contribution is 6.00. The second-order valence-corrected chi connectivity index (χ2v) is 9.12. The van der Waals surface area contributed by atoms with E-state index < -0.39 is 0 Å². The number of nitrogens with two attached hydrogens (primary N) is 1. The average Bonchev–Trinajstić information content (AvgIpc) is 3.26. The standard InChI is InChI=1S/C28H30FN5O/c29-22-13-11-21(12-14-22)25-27(32-23-8-2-1-3-9-23)34-15-5-10-24(26(34)33-25)28(35)31-18-20-7-4-6-19(16-20)17-30/h4-7,10-16,23,32H,1-3,8-9,17-18,30H2,(H,31,35). The van der Waals surface area contributed by atoms with Crippen molar-refractivity contribution in [2.24, 2.45) is 5.73 Å². The van der Waals surface area contributed by atoms with Gasteiger partial charge < -0.3 is 16.4 Å². The molecule has 4 aromatic rings. The number of imidazole rings is 1. The predicted molar refractivity (Wildman–Crippen MR) is 137 cm³/mol. The van der Waals surface area contributed by atoms with E-state index in [0.717, 1.165) is 35.3 Å². The first-order valence-corrected chi connectivity index (χ1v) is 12.2. The maximum absolute atomic E-state index is 13.6. The quantitative estimate of drug-likeness (QED) is 0.343. The Kier molecular flexibility index (Phi) is 6.77. The molecule has 180 valence electrons. The van der Waals surface area contributed by atoms with Crippen LogP contribution in [0, 0.1) is 5.82 Å². The van der Waals surface area contributed by atoms with E-state index in [2.05, 4.69) is 10.6 Å². The van der Waals surface area contributed by atoms with Crippen LogP contribution in [-0.4, -0.2) is 21.3 Å². The number of amides is 1. The summed E-state index contributed by atoms with van der Waals surface area (Å²) in [6.45, 7) is 0.852. The third-order valence-electron chi connectivity index (χ3n) is 6.64. The van der Waals surface area contributed by atoms with E-state index in [0.29, 0.717) is 36.0 Å². The van der Waals surface area contributed by atoms with Crippen molar-refractivity contribution in [3.8, 4) is 11.3 Å². The minimum atomic E-state index is -0.293. The Bertz CT molecular complexity index is 1330. The third kappa shape index (κ3) is 5.05. The molecule has 0 bridgehead atoms. The minimum absolute atomic E-state index is 0.200. The van der Waals surface area contributed by atoms with Gasteiger partial charge in [0, 0.05) is 30.9 Å². The van der Waals surface area contributed by atoms with Crippen molar-refractivity contribution in [3.05, 3.63) is 89.4 Å². The van der Waals surface area contributed by atoms with E-state index in [1.807, 2.05) is 40.9 Å². The Morgan fingerprint density at radius 1 is 1.03 bits per heavy atom. The normalized spacial score (nSPS) is 14.2. The number of carbonyl (C=O) groups is 1. The van der Waals surface area contributed by atoms with Crippen molar-refractivity contribution < 1.29 is 9.18 Å². The van der Waals surface area contributed by atoms with Crippen LogP contribution in [0.2, 0.25) is 0 Å². The molecule has 0 saturated heterocycles. The van der Waals surface area contributed by atoms with Crippen LogP contribution in [0.3, 0.4) is 0 Å². The van der Waals surface area contributed by atoms with Crippen LogP contribution in [0.15, 0.2) is 66.9 Å². The van der Waals surface area contributed by atoms with Crippen LogP contribution >= 0.6 is 0 Å². The molecule has 0 unspecified atom stereocenters. The molecule has 1 fully saturated rings. The van der Waals surface area contributed by atoms with Gasteiger partial charge in [0.25, 0.3) is 5.91 Å². The molecule has 5 rings (SSSR count). The number of halogens is 1. The summed E-state index contributed by atoms with van der Waals surface area (Å²) in [6.07, 6.45) is 7.76. The van der Waals surface area contributed by atoms with Crippen molar-refractivity contribution >= 4 is 17.4 Å². The van der Waals surface area contributed by atoms with Crippen LogP contribution in [0.5, 0.6) is 0 Å². The van der Waals surface area contributed by atoms with Crippen LogP contribution < -0.4 is 16.4 Å². The lowest BCUT2D eigenvalue weighted by molar-refractivity contribution is 0.0952. The van der Waals surface area contributed by atoms with Crippen LogP contribution in [-0.2, 0) is 13.1 Å². The molecule has 1 aliphatic carbocycles.